The molecule has 1 unspecified atom stereocenters. The van der Waals surface area contributed by atoms with Gasteiger partial charge in [0.05, 0.1) is 3.79 Å². The van der Waals surface area contributed by atoms with Crippen molar-refractivity contribution in [2.45, 2.75) is 6.10 Å². The van der Waals surface area contributed by atoms with Gasteiger partial charge in [-0.05, 0) is 51.1 Å². The summed E-state index contributed by atoms with van der Waals surface area (Å²) in [6.45, 7) is 0. The minimum absolute atomic E-state index is 0.0506. The summed E-state index contributed by atoms with van der Waals surface area (Å²) in [5, 5.41) is 11.6. The van der Waals surface area contributed by atoms with E-state index in [0.717, 1.165) is 22.0 Å². The summed E-state index contributed by atoms with van der Waals surface area (Å²) in [5.41, 5.74) is 0.492. The van der Waals surface area contributed by atoms with Crippen LogP contribution in [0, 0.1) is 11.6 Å². The monoisotopic (exact) mass is 304 g/mol. The Morgan fingerprint density at radius 3 is 2.62 bits per heavy atom. The van der Waals surface area contributed by atoms with E-state index in [9.17, 15) is 13.9 Å². The molecule has 0 bridgehead atoms. The molecule has 2 aromatic rings. The van der Waals surface area contributed by atoms with E-state index in [-0.39, 0.29) is 5.56 Å². The van der Waals surface area contributed by atoms with Gasteiger partial charge in [-0.1, -0.05) is 0 Å². The molecule has 0 fully saturated rings. The summed E-state index contributed by atoms with van der Waals surface area (Å²) >= 11 is 4.62. The number of hydrogen-bond donors (Lipinski definition) is 1. The van der Waals surface area contributed by atoms with Gasteiger partial charge in [-0.2, -0.15) is 0 Å². The smallest absolute Gasteiger partial charge is 0.129 e. The predicted octanol–water partition coefficient (Wildman–Crippen LogP) is 3.87. The first kappa shape index (κ1) is 11.7. The lowest BCUT2D eigenvalue weighted by atomic mass is 10.0. The van der Waals surface area contributed by atoms with Crippen LogP contribution < -0.4 is 0 Å². The van der Waals surface area contributed by atoms with Gasteiger partial charge in [0.2, 0.25) is 0 Å². The van der Waals surface area contributed by atoms with Crippen LogP contribution in [-0.2, 0) is 0 Å². The fourth-order valence-electron chi connectivity index (χ4n) is 1.37. The fourth-order valence-corrected chi connectivity index (χ4v) is 2.56. The van der Waals surface area contributed by atoms with Crippen molar-refractivity contribution >= 4 is 27.3 Å². The molecule has 84 valence electrons. The van der Waals surface area contributed by atoms with Crippen LogP contribution in [-0.4, -0.2) is 5.11 Å². The number of aliphatic hydroxyl groups excluding tert-OH is 1. The van der Waals surface area contributed by atoms with Gasteiger partial charge in [-0.15, -0.1) is 11.3 Å². The Labute approximate surface area is 103 Å². The zero-order valence-electron chi connectivity index (χ0n) is 7.95. The Morgan fingerprint density at radius 2 is 2.00 bits per heavy atom. The maximum Gasteiger partial charge on any atom is 0.129 e. The highest BCUT2D eigenvalue weighted by Gasteiger charge is 2.16. The lowest BCUT2D eigenvalue weighted by Gasteiger charge is -2.10. The number of rotatable bonds is 2. The number of thiophene rings is 1. The molecule has 1 aromatic carbocycles. The number of halogens is 3. The first-order chi connectivity index (χ1) is 7.58. The predicted molar refractivity (Wildman–Crippen MR) is 62.4 cm³/mol. The molecule has 0 spiro atoms. The van der Waals surface area contributed by atoms with Crippen molar-refractivity contribution in [3.63, 3.8) is 0 Å². The summed E-state index contributed by atoms with van der Waals surface area (Å²) < 4.78 is 27.2. The van der Waals surface area contributed by atoms with E-state index in [4.69, 9.17) is 0 Å². The highest BCUT2D eigenvalue weighted by molar-refractivity contribution is 9.11. The molecule has 0 aliphatic carbocycles. The van der Waals surface area contributed by atoms with Crippen LogP contribution in [0.15, 0.2) is 33.4 Å². The minimum Gasteiger partial charge on any atom is -0.384 e. The second kappa shape index (κ2) is 4.61. The average Bonchev–Trinajstić information content (AvgIpc) is 2.67. The highest BCUT2D eigenvalue weighted by atomic mass is 79.9. The lowest BCUT2D eigenvalue weighted by Crippen LogP contribution is -2.01. The van der Waals surface area contributed by atoms with Crippen molar-refractivity contribution in [2.75, 3.05) is 0 Å². The molecule has 1 nitrogen and oxygen atoms in total. The Balaban J connectivity index is 2.40. The molecule has 0 radical (unpaired) electrons. The third kappa shape index (κ3) is 2.31. The Kier molecular flexibility index (Phi) is 3.37. The van der Waals surface area contributed by atoms with Crippen LogP contribution in [0.25, 0.3) is 0 Å². The van der Waals surface area contributed by atoms with E-state index in [0.29, 0.717) is 5.56 Å². The van der Waals surface area contributed by atoms with E-state index < -0.39 is 17.7 Å². The van der Waals surface area contributed by atoms with E-state index in [1.54, 1.807) is 11.4 Å². The van der Waals surface area contributed by atoms with Gasteiger partial charge in [0.15, 0.2) is 0 Å². The second-order valence-corrected chi connectivity index (χ2v) is 5.54. The van der Waals surface area contributed by atoms with E-state index in [1.807, 2.05) is 0 Å². The van der Waals surface area contributed by atoms with Crippen LogP contribution in [0.2, 0.25) is 0 Å². The molecule has 0 saturated carbocycles. The van der Waals surface area contributed by atoms with Crippen molar-refractivity contribution in [1.29, 1.82) is 0 Å². The molecule has 2 rings (SSSR count). The quantitative estimate of drug-likeness (QED) is 0.893. The van der Waals surface area contributed by atoms with E-state index in [2.05, 4.69) is 15.9 Å². The number of aliphatic hydroxyl groups is 1. The molecule has 1 atom stereocenters. The van der Waals surface area contributed by atoms with Crippen molar-refractivity contribution in [3.05, 3.63) is 56.2 Å². The fraction of sp³-hybridized carbons (Fsp3) is 0.0909. The first-order valence-electron chi connectivity index (χ1n) is 4.45. The molecule has 16 heavy (non-hydrogen) atoms. The lowest BCUT2D eigenvalue weighted by molar-refractivity contribution is 0.215. The molecule has 0 aliphatic rings. The SMILES string of the molecule is OC(c1csc(Br)c1)c1cc(F)ccc1F. The maximum absolute atomic E-state index is 13.4. The molecular weight excluding hydrogens is 298 g/mol. The summed E-state index contributed by atoms with van der Waals surface area (Å²) in [5.74, 6) is -1.18. The second-order valence-electron chi connectivity index (χ2n) is 3.25. The Hall–Kier alpha value is -0.780. The minimum atomic E-state index is -1.14. The van der Waals surface area contributed by atoms with Crippen molar-refractivity contribution in [1.82, 2.24) is 0 Å². The molecule has 1 N–H and O–H groups in total. The van der Waals surface area contributed by atoms with Crippen molar-refractivity contribution in [2.24, 2.45) is 0 Å². The third-order valence-corrected chi connectivity index (χ3v) is 3.68. The Morgan fingerprint density at radius 1 is 1.25 bits per heavy atom. The number of hydrogen-bond acceptors (Lipinski definition) is 2. The van der Waals surface area contributed by atoms with Crippen LogP contribution in [0.3, 0.4) is 0 Å². The molecule has 1 aromatic heterocycles. The van der Waals surface area contributed by atoms with Crippen molar-refractivity contribution < 1.29 is 13.9 Å². The molecule has 0 amide bonds. The summed E-state index contributed by atoms with van der Waals surface area (Å²) in [4.78, 5) is 0. The van der Waals surface area contributed by atoms with Crippen molar-refractivity contribution in [3.8, 4) is 0 Å². The third-order valence-electron chi connectivity index (χ3n) is 2.16. The molecule has 0 aliphatic heterocycles. The summed E-state index contributed by atoms with van der Waals surface area (Å²) in [6.07, 6.45) is -1.14. The summed E-state index contributed by atoms with van der Waals surface area (Å²) in [6, 6.07) is 4.72. The van der Waals surface area contributed by atoms with Gasteiger partial charge in [0.1, 0.15) is 17.7 Å². The largest absolute Gasteiger partial charge is 0.384 e. The van der Waals surface area contributed by atoms with E-state index >= 15 is 0 Å². The van der Waals surface area contributed by atoms with Gasteiger partial charge in [-0.25, -0.2) is 8.78 Å². The standard InChI is InChI=1S/C11H7BrF2OS/c12-10-3-6(5-16-10)11(15)8-4-7(13)1-2-9(8)14/h1-5,11,15H. The van der Waals surface area contributed by atoms with Gasteiger partial charge >= 0.3 is 0 Å². The average molecular weight is 305 g/mol. The zero-order chi connectivity index (χ0) is 11.7. The van der Waals surface area contributed by atoms with Crippen LogP contribution in [0.4, 0.5) is 8.78 Å². The zero-order valence-corrected chi connectivity index (χ0v) is 10.4. The molecule has 5 heteroatoms. The Bertz CT molecular complexity index is 512. The highest BCUT2D eigenvalue weighted by Crippen LogP contribution is 2.30. The van der Waals surface area contributed by atoms with Crippen LogP contribution in [0.5, 0.6) is 0 Å². The van der Waals surface area contributed by atoms with Crippen LogP contribution >= 0.6 is 27.3 Å². The van der Waals surface area contributed by atoms with Gasteiger partial charge < -0.3 is 5.11 Å². The number of benzene rings is 1. The molecule has 0 saturated heterocycles. The van der Waals surface area contributed by atoms with Gasteiger partial charge in [-0.3, -0.25) is 0 Å². The maximum atomic E-state index is 13.4. The normalized spacial score (nSPS) is 12.8. The molecular formula is C11H7BrF2OS. The van der Waals surface area contributed by atoms with E-state index in [1.165, 1.54) is 11.3 Å². The first-order valence-corrected chi connectivity index (χ1v) is 6.12. The summed E-state index contributed by atoms with van der Waals surface area (Å²) in [7, 11) is 0. The molecule has 1 heterocycles. The van der Waals surface area contributed by atoms with Gasteiger partial charge in [0, 0.05) is 5.56 Å². The topological polar surface area (TPSA) is 20.2 Å². The van der Waals surface area contributed by atoms with Crippen LogP contribution in [0.1, 0.15) is 17.2 Å². The van der Waals surface area contributed by atoms with Gasteiger partial charge in [0.25, 0.3) is 0 Å².